The molecule has 2 aromatic rings. The van der Waals surface area contributed by atoms with E-state index in [0.29, 0.717) is 16.0 Å². The van der Waals surface area contributed by atoms with E-state index in [9.17, 15) is 17.6 Å². The van der Waals surface area contributed by atoms with E-state index in [0.717, 1.165) is 43.2 Å². The van der Waals surface area contributed by atoms with Gasteiger partial charge in [-0.2, -0.15) is 4.31 Å². The number of halogens is 1. The Hall–Kier alpha value is -2.25. The summed E-state index contributed by atoms with van der Waals surface area (Å²) in [5, 5.41) is 2.88. The van der Waals surface area contributed by atoms with Crippen molar-refractivity contribution in [2.45, 2.75) is 76.8 Å². The molecule has 1 atom stereocenters. The second-order valence-electron chi connectivity index (χ2n) is 8.91. The lowest BCUT2D eigenvalue weighted by Gasteiger charge is -2.34. The molecule has 0 spiro atoms. The fourth-order valence-corrected chi connectivity index (χ4v) is 6.79. The minimum Gasteiger partial charge on any atom is -0.348 e. The SMILES string of the molecule is Cc1cc(C)c(S(=O)(=O)N(CC(=O)NC(C)c2ccc(F)cc2)C2CCCCC2)c(C)c1. The molecule has 1 aliphatic carbocycles. The number of carbonyl (C=O) groups is 1. The normalized spacial score (nSPS) is 16.2. The molecule has 0 saturated heterocycles. The van der Waals surface area contributed by atoms with Crippen LogP contribution in [0.25, 0.3) is 0 Å². The van der Waals surface area contributed by atoms with E-state index in [-0.39, 0.29) is 30.4 Å². The number of hydrogen-bond acceptors (Lipinski definition) is 3. The summed E-state index contributed by atoms with van der Waals surface area (Å²) >= 11 is 0. The van der Waals surface area contributed by atoms with Gasteiger partial charge in [-0.25, -0.2) is 12.8 Å². The van der Waals surface area contributed by atoms with E-state index in [4.69, 9.17) is 0 Å². The van der Waals surface area contributed by atoms with Crippen LogP contribution in [0.5, 0.6) is 0 Å². The van der Waals surface area contributed by atoms with Crippen molar-refractivity contribution in [2.24, 2.45) is 0 Å². The van der Waals surface area contributed by atoms with Gasteiger partial charge in [-0.15, -0.1) is 0 Å². The molecule has 3 rings (SSSR count). The second-order valence-corrected chi connectivity index (χ2v) is 10.7. The van der Waals surface area contributed by atoms with E-state index in [1.54, 1.807) is 19.1 Å². The summed E-state index contributed by atoms with van der Waals surface area (Å²) in [6.45, 7) is 7.13. The number of rotatable bonds is 7. The molecular weight excluding hydrogens is 427 g/mol. The molecule has 7 heteroatoms. The third-order valence-electron chi connectivity index (χ3n) is 6.20. The molecule has 1 amide bonds. The predicted molar refractivity (Wildman–Crippen MR) is 124 cm³/mol. The Labute approximate surface area is 191 Å². The molecule has 1 saturated carbocycles. The van der Waals surface area contributed by atoms with Crippen LogP contribution in [0.2, 0.25) is 0 Å². The fraction of sp³-hybridized carbons (Fsp3) is 0.480. The van der Waals surface area contributed by atoms with Gasteiger partial charge >= 0.3 is 0 Å². The molecule has 0 radical (unpaired) electrons. The van der Waals surface area contributed by atoms with E-state index >= 15 is 0 Å². The zero-order valence-electron chi connectivity index (χ0n) is 19.3. The van der Waals surface area contributed by atoms with Crippen LogP contribution in [-0.2, 0) is 14.8 Å². The molecule has 0 bridgehead atoms. The fourth-order valence-electron chi connectivity index (χ4n) is 4.73. The van der Waals surface area contributed by atoms with Gasteiger partial charge in [0.1, 0.15) is 5.82 Å². The Morgan fingerprint density at radius 1 is 1.06 bits per heavy atom. The number of nitrogens with one attached hydrogen (secondary N) is 1. The van der Waals surface area contributed by atoms with E-state index in [1.165, 1.54) is 16.4 Å². The predicted octanol–water partition coefficient (Wildman–Crippen LogP) is 4.95. The lowest BCUT2D eigenvalue weighted by molar-refractivity contribution is -0.122. The van der Waals surface area contributed by atoms with Crippen LogP contribution < -0.4 is 5.32 Å². The third kappa shape index (κ3) is 5.56. The highest BCUT2D eigenvalue weighted by Gasteiger charge is 2.36. The summed E-state index contributed by atoms with van der Waals surface area (Å²) in [7, 11) is -3.86. The van der Waals surface area contributed by atoms with Gasteiger partial charge in [0.25, 0.3) is 0 Å². The molecule has 1 N–H and O–H groups in total. The lowest BCUT2D eigenvalue weighted by atomic mass is 9.95. The maximum absolute atomic E-state index is 13.8. The molecular formula is C25H33FN2O3S. The number of nitrogens with zero attached hydrogens (tertiary/aromatic N) is 1. The first-order valence-corrected chi connectivity index (χ1v) is 12.7. The molecule has 0 heterocycles. The van der Waals surface area contributed by atoms with Crippen LogP contribution in [0, 0.1) is 26.6 Å². The largest absolute Gasteiger partial charge is 0.348 e. The highest BCUT2D eigenvalue weighted by Crippen LogP contribution is 2.31. The maximum Gasteiger partial charge on any atom is 0.244 e. The minimum atomic E-state index is -3.86. The quantitative estimate of drug-likeness (QED) is 0.636. The third-order valence-corrected chi connectivity index (χ3v) is 8.40. The molecule has 0 aliphatic heterocycles. The van der Waals surface area contributed by atoms with Crippen molar-refractivity contribution in [3.63, 3.8) is 0 Å². The van der Waals surface area contributed by atoms with Crippen molar-refractivity contribution in [1.82, 2.24) is 9.62 Å². The van der Waals surface area contributed by atoms with Crippen LogP contribution in [-0.4, -0.2) is 31.2 Å². The van der Waals surface area contributed by atoms with E-state index in [2.05, 4.69) is 5.32 Å². The van der Waals surface area contributed by atoms with Gasteiger partial charge < -0.3 is 5.32 Å². The Balaban J connectivity index is 1.87. The lowest BCUT2D eigenvalue weighted by Crippen LogP contribution is -2.47. The standard InChI is InChI=1S/C25H33FN2O3S/c1-17-14-18(2)25(19(3)15-17)32(30,31)28(23-8-6-5-7-9-23)16-24(29)27-20(4)21-10-12-22(26)13-11-21/h10-15,20,23H,5-9,16H2,1-4H3,(H,27,29). The van der Waals surface area contributed by atoms with Crippen LogP contribution >= 0.6 is 0 Å². The molecule has 1 aliphatic rings. The van der Waals surface area contributed by atoms with Crippen molar-refractivity contribution >= 4 is 15.9 Å². The van der Waals surface area contributed by atoms with Gasteiger partial charge in [0.2, 0.25) is 15.9 Å². The van der Waals surface area contributed by atoms with E-state index in [1.807, 2.05) is 32.9 Å². The monoisotopic (exact) mass is 460 g/mol. The number of benzene rings is 2. The highest BCUT2D eigenvalue weighted by molar-refractivity contribution is 7.89. The van der Waals surface area contributed by atoms with Crippen molar-refractivity contribution in [2.75, 3.05) is 6.54 Å². The number of amides is 1. The Bertz CT molecular complexity index is 1040. The van der Waals surface area contributed by atoms with Crippen molar-refractivity contribution in [1.29, 1.82) is 0 Å². The van der Waals surface area contributed by atoms with Gasteiger partial charge in [0.15, 0.2) is 0 Å². The van der Waals surface area contributed by atoms with Gasteiger partial charge in [0, 0.05) is 6.04 Å². The first kappa shape index (κ1) is 24.4. The summed E-state index contributed by atoms with van der Waals surface area (Å²) in [5.74, 6) is -0.705. The second kappa shape index (κ2) is 10.1. The average molecular weight is 461 g/mol. The molecule has 5 nitrogen and oxygen atoms in total. The van der Waals surface area contributed by atoms with Crippen molar-refractivity contribution < 1.29 is 17.6 Å². The maximum atomic E-state index is 13.8. The van der Waals surface area contributed by atoms with Crippen LogP contribution in [0.1, 0.15) is 67.3 Å². The summed E-state index contributed by atoms with van der Waals surface area (Å²) in [4.78, 5) is 13.3. The molecule has 174 valence electrons. The summed E-state index contributed by atoms with van der Waals surface area (Å²) in [6.07, 6.45) is 4.50. The molecule has 0 aromatic heterocycles. The Morgan fingerprint density at radius 2 is 1.62 bits per heavy atom. The van der Waals surface area contributed by atoms with Gasteiger partial charge in [-0.3, -0.25) is 4.79 Å². The highest BCUT2D eigenvalue weighted by atomic mass is 32.2. The minimum absolute atomic E-state index is 0.194. The topological polar surface area (TPSA) is 66.5 Å². The Morgan fingerprint density at radius 3 is 2.19 bits per heavy atom. The van der Waals surface area contributed by atoms with Crippen molar-refractivity contribution in [3.05, 3.63) is 64.5 Å². The zero-order valence-corrected chi connectivity index (χ0v) is 20.1. The average Bonchev–Trinajstić information content (AvgIpc) is 2.72. The number of hydrogen-bond donors (Lipinski definition) is 1. The zero-order chi connectivity index (χ0) is 23.5. The van der Waals surface area contributed by atoms with Crippen LogP contribution in [0.15, 0.2) is 41.3 Å². The molecule has 1 unspecified atom stereocenters. The first-order valence-electron chi connectivity index (χ1n) is 11.2. The smallest absolute Gasteiger partial charge is 0.244 e. The summed E-state index contributed by atoms with van der Waals surface area (Å²) < 4.78 is 42.3. The van der Waals surface area contributed by atoms with Gasteiger partial charge in [-0.05, 0) is 69.4 Å². The summed E-state index contributed by atoms with van der Waals surface area (Å²) in [5.41, 5.74) is 3.16. The van der Waals surface area contributed by atoms with E-state index < -0.39 is 10.0 Å². The number of carbonyl (C=O) groups excluding carboxylic acids is 1. The van der Waals surface area contributed by atoms with Gasteiger partial charge in [0.05, 0.1) is 17.5 Å². The molecule has 1 fully saturated rings. The van der Waals surface area contributed by atoms with Crippen LogP contribution in [0.4, 0.5) is 4.39 Å². The Kier molecular flexibility index (Phi) is 7.72. The molecule has 32 heavy (non-hydrogen) atoms. The molecule has 2 aromatic carbocycles. The number of aryl methyl sites for hydroxylation is 3. The first-order chi connectivity index (χ1) is 15.1. The van der Waals surface area contributed by atoms with Gasteiger partial charge in [-0.1, -0.05) is 49.1 Å². The summed E-state index contributed by atoms with van der Waals surface area (Å²) in [6, 6.07) is 9.12. The van der Waals surface area contributed by atoms with Crippen LogP contribution in [0.3, 0.4) is 0 Å². The van der Waals surface area contributed by atoms with Crippen molar-refractivity contribution in [3.8, 4) is 0 Å². The number of sulfonamides is 1.